The molecule has 0 saturated carbocycles. The van der Waals surface area contributed by atoms with E-state index >= 15 is 0 Å². The van der Waals surface area contributed by atoms with Crippen LogP contribution in [0.1, 0.15) is 92.3 Å². The first-order valence-corrected chi connectivity index (χ1v) is 15.7. The summed E-state index contributed by atoms with van der Waals surface area (Å²) in [7, 11) is -0.494. The zero-order chi connectivity index (χ0) is 31.8. The van der Waals surface area contributed by atoms with Gasteiger partial charge in [-0.05, 0) is 64.4 Å². The van der Waals surface area contributed by atoms with Gasteiger partial charge in [0.15, 0.2) is 5.78 Å². The highest BCUT2D eigenvalue weighted by atomic mass is 16.7. The molecule has 0 spiro atoms. The van der Waals surface area contributed by atoms with Crippen molar-refractivity contribution in [3.05, 3.63) is 60.2 Å². The van der Waals surface area contributed by atoms with Crippen LogP contribution < -0.4 is 5.32 Å². The Labute approximate surface area is 258 Å². The Kier molecular flexibility index (Phi) is 12.2. The lowest BCUT2D eigenvalue weighted by molar-refractivity contribution is -0.132. The highest BCUT2D eigenvalue weighted by Crippen LogP contribution is 2.42. The van der Waals surface area contributed by atoms with E-state index in [0.29, 0.717) is 24.5 Å². The molecule has 3 rings (SSSR count). The summed E-state index contributed by atoms with van der Waals surface area (Å²) in [6.07, 6.45) is 6.75. The van der Waals surface area contributed by atoms with Gasteiger partial charge >= 0.3 is 7.12 Å². The highest BCUT2D eigenvalue weighted by Gasteiger charge is 2.53. The largest absolute Gasteiger partial charge is 0.461 e. The van der Waals surface area contributed by atoms with E-state index in [1.807, 2.05) is 71.9 Å². The van der Waals surface area contributed by atoms with Crippen LogP contribution in [0.4, 0.5) is 0 Å². The molecule has 1 aromatic carbocycles. The second kappa shape index (κ2) is 15.2. The molecule has 1 amide bonds. The van der Waals surface area contributed by atoms with E-state index in [-0.39, 0.29) is 48.5 Å². The second-order valence-corrected chi connectivity index (χ2v) is 13.9. The lowest BCUT2D eigenvalue weighted by atomic mass is 9.65. The molecule has 0 unspecified atom stereocenters. The number of carbonyl (C=O) groups is 3. The fourth-order valence-corrected chi connectivity index (χ4v) is 5.54. The molecule has 8 nitrogen and oxygen atoms in total. The molecule has 0 bridgehead atoms. The van der Waals surface area contributed by atoms with Crippen molar-refractivity contribution in [3.8, 4) is 0 Å². The van der Waals surface area contributed by atoms with Gasteiger partial charge in [-0.15, -0.1) is 0 Å². The number of hydrogen-bond acceptors (Lipinski definition) is 7. The van der Waals surface area contributed by atoms with Crippen molar-refractivity contribution >= 4 is 24.6 Å². The van der Waals surface area contributed by atoms with Gasteiger partial charge in [0.25, 0.3) is 0 Å². The maximum absolute atomic E-state index is 13.8. The lowest BCUT2D eigenvalue weighted by Crippen LogP contribution is -2.46. The van der Waals surface area contributed by atoms with E-state index in [1.54, 1.807) is 18.6 Å². The number of benzene rings is 1. The van der Waals surface area contributed by atoms with Crippen LogP contribution in [0.25, 0.3) is 0 Å². The van der Waals surface area contributed by atoms with Gasteiger partial charge in [-0.3, -0.25) is 24.4 Å². The Hall–Kier alpha value is -2.91. The van der Waals surface area contributed by atoms with Crippen molar-refractivity contribution in [1.29, 1.82) is 0 Å². The summed E-state index contributed by atoms with van der Waals surface area (Å²) in [6.45, 7) is 16.3. The number of Topliss-reactive ketones (excluding diaryl/α,β-unsaturated/α-hetero) is 2. The molecule has 43 heavy (non-hydrogen) atoms. The average molecular weight is 592 g/mol. The number of nitrogens with zero attached hydrogens (tertiary/aromatic N) is 2. The number of carbonyl (C=O) groups excluding carboxylic acids is 3. The number of hydrogen-bond donors (Lipinski definition) is 1. The summed E-state index contributed by atoms with van der Waals surface area (Å²) in [5.74, 6) is -0.637. The van der Waals surface area contributed by atoms with Crippen LogP contribution in [0.3, 0.4) is 0 Å². The van der Waals surface area contributed by atoms with E-state index in [1.165, 1.54) is 0 Å². The van der Waals surface area contributed by atoms with Crippen molar-refractivity contribution in [3.63, 3.8) is 0 Å². The van der Waals surface area contributed by atoms with Crippen molar-refractivity contribution in [2.75, 3.05) is 0 Å². The Bertz CT molecular complexity index is 1190. The Morgan fingerprint density at radius 2 is 1.51 bits per heavy atom. The van der Waals surface area contributed by atoms with E-state index in [0.717, 1.165) is 12.0 Å². The quantitative estimate of drug-likeness (QED) is 0.245. The number of rotatable bonds is 16. The highest BCUT2D eigenvalue weighted by molar-refractivity contribution is 6.48. The third-order valence-electron chi connectivity index (χ3n) is 8.47. The first-order chi connectivity index (χ1) is 20.2. The van der Waals surface area contributed by atoms with Crippen molar-refractivity contribution in [1.82, 2.24) is 15.3 Å². The van der Waals surface area contributed by atoms with Crippen LogP contribution in [-0.4, -0.2) is 51.8 Å². The first-order valence-electron chi connectivity index (χ1n) is 15.7. The predicted molar refractivity (Wildman–Crippen MR) is 169 cm³/mol. The van der Waals surface area contributed by atoms with Crippen molar-refractivity contribution in [2.24, 2.45) is 17.8 Å². The standard InChI is InChI=1S/C34H50BN3O5/c1-23(2)16-27(35-42-33(5,6)34(7,8)43-35)20-29(39)19-26(18-25-12-10-9-11-13-25)32(41)38-30(17-24(3)4)31(40)21-28-22-36-14-15-37-28/h9-15,22-24,26-27,30H,16-21H2,1-8H3,(H,38,41)/t26-,27-,30+/m1/s1. The van der Waals surface area contributed by atoms with Crippen LogP contribution >= 0.6 is 0 Å². The topological polar surface area (TPSA) is 107 Å². The number of ketones is 2. The molecule has 1 aliphatic heterocycles. The smallest absolute Gasteiger partial charge is 0.403 e. The Morgan fingerprint density at radius 3 is 2.07 bits per heavy atom. The molecular formula is C34H50BN3O5. The van der Waals surface area contributed by atoms with Crippen LogP contribution in [0.2, 0.25) is 5.82 Å². The summed E-state index contributed by atoms with van der Waals surface area (Å²) < 4.78 is 12.7. The number of amides is 1. The van der Waals surface area contributed by atoms with Crippen molar-refractivity contribution < 1.29 is 23.7 Å². The van der Waals surface area contributed by atoms with Crippen LogP contribution in [0.15, 0.2) is 48.9 Å². The maximum atomic E-state index is 13.8. The molecule has 9 heteroatoms. The third-order valence-corrected chi connectivity index (χ3v) is 8.47. The van der Waals surface area contributed by atoms with Gasteiger partial charge in [-0.1, -0.05) is 58.0 Å². The van der Waals surface area contributed by atoms with Crippen LogP contribution in [0.5, 0.6) is 0 Å². The lowest BCUT2D eigenvalue weighted by Gasteiger charge is -2.32. The van der Waals surface area contributed by atoms with E-state index in [4.69, 9.17) is 9.31 Å². The first kappa shape index (κ1) is 34.6. The molecule has 1 saturated heterocycles. The summed E-state index contributed by atoms with van der Waals surface area (Å²) >= 11 is 0. The average Bonchev–Trinajstić information content (AvgIpc) is 3.14. The predicted octanol–water partition coefficient (Wildman–Crippen LogP) is 5.84. The minimum Gasteiger partial charge on any atom is -0.403 e. The van der Waals surface area contributed by atoms with Crippen LogP contribution in [0, 0.1) is 17.8 Å². The van der Waals surface area contributed by atoms with Gasteiger partial charge in [0.1, 0.15) is 5.78 Å². The molecule has 0 radical (unpaired) electrons. The molecule has 1 aromatic heterocycles. The van der Waals surface area contributed by atoms with Gasteiger partial charge < -0.3 is 14.6 Å². The molecule has 234 valence electrons. The molecule has 1 N–H and O–H groups in total. The fourth-order valence-electron chi connectivity index (χ4n) is 5.54. The minimum atomic E-state index is -0.679. The molecule has 0 aliphatic carbocycles. The Balaban J connectivity index is 1.78. The monoisotopic (exact) mass is 591 g/mol. The molecule has 3 atom stereocenters. The molecule has 2 heterocycles. The summed E-state index contributed by atoms with van der Waals surface area (Å²) in [6, 6.07) is 9.02. The summed E-state index contributed by atoms with van der Waals surface area (Å²) in [4.78, 5) is 49.1. The Morgan fingerprint density at radius 1 is 0.884 bits per heavy atom. The van der Waals surface area contributed by atoms with E-state index in [2.05, 4.69) is 29.1 Å². The van der Waals surface area contributed by atoms with Crippen molar-refractivity contribution in [2.45, 2.75) is 117 Å². The normalized spacial score (nSPS) is 18.0. The molecular weight excluding hydrogens is 541 g/mol. The summed E-state index contributed by atoms with van der Waals surface area (Å²) in [5.41, 5.74) is 0.543. The SMILES string of the molecule is CC(C)C[C@H](CC(=O)C[C@@H](Cc1ccccc1)C(=O)N[C@@H](CC(C)C)C(=O)Cc1cnccn1)B1OC(C)(C)C(C)(C)O1. The maximum Gasteiger partial charge on any atom is 0.461 e. The van der Waals surface area contributed by atoms with Crippen LogP contribution in [-0.2, 0) is 36.5 Å². The van der Waals surface area contributed by atoms with Gasteiger partial charge in [0.05, 0.1) is 29.4 Å². The fraction of sp³-hybridized carbons (Fsp3) is 0.618. The van der Waals surface area contributed by atoms with Gasteiger partial charge in [0, 0.05) is 43.2 Å². The second-order valence-electron chi connectivity index (χ2n) is 13.9. The number of aromatic nitrogens is 2. The zero-order valence-electron chi connectivity index (χ0n) is 27.3. The number of nitrogens with one attached hydrogen (secondary N) is 1. The summed E-state index contributed by atoms with van der Waals surface area (Å²) in [5, 5.41) is 3.02. The van der Waals surface area contributed by atoms with Gasteiger partial charge in [-0.2, -0.15) is 0 Å². The van der Waals surface area contributed by atoms with Gasteiger partial charge in [-0.25, -0.2) is 0 Å². The third kappa shape index (κ3) is 10.3. The van der Waals surface area contributed by atoms with E-state index in [9.17, 15) is 14.4 Å². The molecule has 1 aliphatic rings. The van der Waals surface area contributed by atoms with E-state index < -0.39 is 30.3 Å². The zero-order valence-corrected chi connectivity index (χ0v) is 27.3. The minimum absolute atomic E-state index is 0.0114. The molecule has 1 fully saturated rings. The molecule has 2 aromatic rings. The van der Waals surface area contributed by atoms with Gasteiger partial charge in [0.2, 0.25) is 5.91 Å².